The molecular formula is C30H40N2OS. The van der Waals surface area contributed by atoms with Gasteiger partial charge in [-0.2, -0.15) is 0 Å². The van der Waals surface area contributed by atoms with Crippen LogP contribution in [0.2, 0.25) is 0 Å². The van der Waals surface area contributed by atoms with Gasteiger partial charge in [0.15, 0.2) is 0 Å². The van der Waals surface area contributed by atoms with Crippen LogP contribution in [0, 0.1) is 29.1 Å². The Kier molecular flexibility index (Phi) is 6.06. The van der Waals surface area contributed by atoms with Crippen molar-refractivity contribution in [1.82, 2.24) is 9.71 Å². The van der Waals surface area contributed by atoms with Crippen LogP contribution in [-0.4, -0.2) is 28.0 Å². The number of aliphatic hydroxyl groups is 1. The number of aryl methyl sites for hydroxylation is 1. The molecule has 0 radical (unpaired) electrons. The SMILES string of the molecule is CSNC1CCC2=CC3=CCC4(C)C(C5C=Cc6ccncc6CC5)CCC4[C@@]3(O)CCC2C1. The van der Waals surface area contributed by atoms with Gasteiger partial charge in [0.05, 0.1) is 5.60 Å². The fourth-order valence-corrected chi connectivity index (χ4v) is 9.11. The molecule has 4 heteroatoms. The second kappa shape index (κ2) is 8.94. The second-order valence-corrected chi connectivity index (χ2v) is 12.6. The zero-order chi connectivity index (χ0) is 23.3. The van der Waals surface area contributed by atoms with Gasteiger partial charge < -0.3 is 5.11 Å². The van der Waals surface area contributed by atoms with E-state index < -0.39 is 5.60 Å². The second-order valence-electron chi connectivity index (χ2n) is 11.9. The first-order valence-corrected chi connectivity index (χ1v) is 14.8. The summed E-state index contributed by atoms with van der Waals surface area (Å²) in [6, 6.07) is 2.77. The van der Waals surface area contributed by atoms with Crippen molar-refractivity contribution in [1.29, 1.82) is 0 Å². The number of pyridine rings is 1. The van der Waals surface area contributed by atoms with E-state index in [1.807, 2.05) is 6.20 Å². The lowest BCUT2D eigenvalue weighted by Crippen LogP contribution is -2.50. The number of nitrogens with zero attached hydrogens (tertiary/aromatic N) is 1. The summed E-state index contributed by atoms with van der Waals surface area (Å²) >= 11 is 1.76. The zero-order valence-corrected chi connectivity index (χ0v) is 21.6. The third kappa shape index (κ3) is 3.76. The minimum absolute atomic E-state index is 0.180. The van der Waals surface area contributed by atoms with Crippen LogP contribution in [0.15, 0.2) is 47.8 Å². The molecule has 1 aromatic rings. The summed E-state index contributed by atoms with van der Waals surface area (Å²) in [6.07, 6.45) is 27.4. The van der Waals surface area contributed by atoms with Crippen LogP contribution in [0.4, 0.5) is 0 Å². The van der Waals surface area contributed by atoms with Gasteiger partial charge in [0.25, 0.3) is 0 Å². The summed E-state index contributed by atoms with van der Waals surface area (Å²) in [5, 5.41) is 12.4. The van der Waals surface area contributed by atoms with Crippen LogP contribution < -0.4 is 4.72 Å². The predicted octanol–water partition coefficient (Wildman–Crippen LogP) is 6.51. The number of hydrogen-bond acceptors (Lipinski definition) is 4. The van der Waals surface area contributed by atoms with Crippen LogP contribution in [0.3, 0.4) is 0 Å². The fourth-order valence-electron chi connectivity index (χ4n) is 8.56. The van der Waals surface area contributed by atoms with E-state index in [0.29, 0.717) is 29.7 Å². The number of nitrogens with one attached hydrogen (secondary N) is 1. The van der Waals surface area contributed by atoms with Gasteiger partial charge in [0.2, 0.25) is 0 Å². The fraction of sp³-hybridized carbons (Fsp3) is 0.633. The first-order chi connectivity index (χ1) is 16.5. The Balaban J connectivity index is 1.25. The summed E-state index contributed by atoms with van der Waals surface area (Å²) in [5.41, 5.74) is 5.14. The van der Waals surface area contributed by atoms with Gasteiger partial charge in [-0.05, 0) is 122 Å². The highest BCUT2D eigenvalue weighted by Crippen LogP contribution is 2.63. The van der Waals surface area contributed by atoms with Crippen molar-refractivity contribution in [3.8, 4) is 0 Å². The first kappa shape index (κ1) is 23.1. The molecule has 2 fully saturated rings. The maximum Gasteiger partial charge on any atom is 0.0927 e. The van der Waals surface area contributed by atoms with Crippen LogP contribution in [-0.2, 0) is 6.42 Å². The summed E-state index contributed by atoms with van der Waals surface area (Å²) in [4.78, 5) is 4.36. The topological polar surface area (TPSA) is 45.2 Å². The third-order valence-corrected chi connectivity index (χ3v) is 10.9. The largest absolute Gasteiger partial charge is 0.385 e. The van der Waals surface area contributed by atoms with E-state index in [9.17, 15) is 5.11 Å². The molecular weight excluding hydrogens is 436 g/mol. The summed E-state index contributed by atoms with van der Waals surface area (Å²) < 4.78 is 3.61. The lowest BCUT2D eigenvalue weighted by atomic mass is 9.57. The smallest absolute Gasteiger partial charge is 0.0927 e. The minimum atomic E-state index is -0.643. The standard InChI is InChI=1S/C30H40N2OS/c1-29-14-12-25-17-22-7-8-26(32-34-2)18-23(22)11-15-30(25,33)28(29)10-9-27(29)21-4-3-20-13-16-31-19-24(20)6-5-21/h3-4,12-13,16-17,19,21,23,26-28,32-33H,5-11,14-15,18H2,1-2H3/t21?,23?,26?,27?,28?,29?,30-/m1/s1. The molecule has 6 unspecified atom stereocenters. The molecule has 5 aliphatic carbocycles. The Labute approximate surface area is 209 Å². The van der Waals surface area contributed by atoms with Crippen molar-refractivity contribution in [2.24, 2.45) is 29.1 Å². The van der Waals surface area contributed by atoms with Crippen LogP contribution in [0.1, 0.15) is 75.8 Å². The van der Waals surface area contributed by atoms with Crippen molar-refractivity contribution in [3.63, 3.8) is 0 Å². The highest BCUT2D eigenvalue weighted by Gasteiger charge is 2.59. The van der Waals surface area contributed by atoms with Crippen molar-refractivity contribution in [2.75, 3.05) is 6.26 Å². The molecule has 0 amide bonds. The summed E-state index contributed by atoms with van der Waals surface area (Å²) in [6.45, 7) is 2.51. The minimum Gasteiger partial charge on any atom is -0.385 e. The number of fused-ring (bicyclic) bond motifs is 5. The van der Waals surface area contributed by atoms with Crippen LogP contribution >= 0.6 is 11.9 Å². The lowest BCUT2D eigenvalue weighted by molar-refractivity contribution is -0.0589. The molecule has 2 saturated carbocycles. The molecule has 1 heterocycles. The number of aromatic nitrogens is 1. The molecule has 0 aromatic carbocycles. The Morgan fingerprint density at radius 2 is 2.06 bits per heavy atom. The highest BCUT2D eigenvalue weighted by atomic mass is 32.2. The van der Waals surface area contributed by atoms with Gasteiger partial charge in [-0.1, -0.05) is 48.7 Å². The average molecular weight is 477 g/mol. The van der Waals surface area contributed by atoms with Crippen LogP contribution in [0.25, 0.3) is 6.08 Å². The molecule has 0 bridgehead atoms. The van der Waals surface area contributed by atoms with E-state index in [4.69, 9.17) is 0 Å². The normalized spacial score (nSPS) is 41.2. The average Bonchev–Trinajstić information content (AvgIpc) is 2.98. The zero-order valence-electron chi connectivity index (χ0n) is 20.8. The molecule has 5 aliphatic rings. The van der Waals surface area contributed by atoms with Gasteiger partial charge >= 0.3 is 0 Å². The van der Waals surface area contributed by atoms with E-state index >= 15 is 0 Å². The van der Waals surface area contributed by atoms with E-state index in [-0.39, 0.29) is 5.41 Å². The predicted molar refractivity (Wildman–Crippen MR) is 142 cm³/mol. The van der Waals surface area contributed by atoms with Gasteiger partial charge in [-0.15, -0.1) is 0 Å². The number of hydrogen-bond donors (Lipinski definition) is 2. The third-order valence-electron chi connectivity index (χ3n) is 10.3. The Bertz CT molecular complexity index is 1030. The van der Waals surface area contributed by atoms with Crippen molar-refractivity contribution >= 4 is 18.0 Å². The van der Waals surface area contributed by atoms with E-state index in [1.54, 1.807) is 17.5 Å². The number of allylic oxidation sites excluding steroid dienone is 3. The molecule has 3 nitrogen and oxygen atoms in total. The van der Waals surface area contributed by atoms with Gasteiger partial charge in [0.1, 0.15) is 0 Å². The Hall–Kier alpha value is -1.36. The maximum atomic E-state index is 12.4. The summed E-state index contributed by atoms with van der Waals surface area (Å²) in [5.74, 6) is 2.24. The molecule has 0 saturated heterocycles. The molecule has 182 valence electrons. The first-order valence-electron chi connectivity index (χ1n) is 13.5. The molecule has 6 rings (SSSR count). The summed E-state index contributed by atoms with van der Waals surface area (Å²) in [7, 11) is 0. The molecule has 0 spiro atoms. The quantitative estimate of drug-likeness (QED) is 0.488. The Morgan fingerprint density at radius 1 is 1.15 bits per heavy atom. The van der Waals surface area contributed by atoms with Gasteiger partial charge in [-0.25, -0.2) is 0 Å². The van der Waals surface area contributed by atoms with Crippen molar-refractivity contribution < 1.29 is 5.11 Å². The maximum absolute atomic E-state index is 12.4. The van der Waals surface area contributed by atoms with E-state index in [0.717, 1.165) is 25.7 Å². The number of rotatable bonds is 3. The monoisotopic (exact) mass is 476 g/mol. The van der Waals surface area contributed by atoms with E-state index in [1.165, 1.54) is 55.2 Å². The molecule has 0 aliphatic heterocycles. The van der Waals surface area contributed by atoms with Crippen LogP contribution in [0.5, 0.6) is 0 Å². The van der Waals surface area contributed by atoms with Gasteiger partial charge in [-0.3, -0.25) is 9.71 Å². The molecule has 34 heavy (non-hydrogen) atoms. The van der Waals surface area contributed by atoms with Crippen molar-refractivity contribution in [3.05, 3.63) is 59.0 Å². The highest BCUT2D eigenvalue weighted by molar-refractivity contribution is 7.96. The molecule has 2 N–H and O–H groups in total. The lowest BCUT2D eigenvalue weighted by Gasteiger charge is -2.50. The van der Waals surface area contributed by atoms with Gasteiger partial charge in [0, 0.05) is 18.4 Å². The molecule has 7 atom stereocenters. The van der Waals surface area contributed by atoms with Crippen molar-refractivity contribution in [2.45, 2.75) is 82.8 Å². The molecule has 1 aromatic heterocycles. The van der Waals surface area contributed by atoms with E-state index in [2.05, 4.69) is 59.5 Å². The Morgan fingerprint density at radius 3 is 2.94 bits per heavy atom.